The van der Waals surface area contributed by atoms with Crippen LogP contribution in [-0.4, -0.2) is 38.4 Å². The summed E-state index contributed by atoms with van der Waals surface area (Å²) in [5.41, 5.74) is 0.904. The number of esters is 1. The van der Waals surface area contributed by atoms with Crippen LogP contribution in [0.5, 0.6) is 0 Å². The van der Waals surface area contributed by atoms with Crippen LogP contribution >= 0.6 is 0 Å². The van der Waals surface area contributed by atoms with Crippen LogP contribution in [0.4, 0.5) is 0 Å². The van der Waals surface area contributed by atoms with E-state index in [0.29, 0.717) is 23.2 Å². The highest BCUT2D eigenvalue weighted by atomic mass is 28.4. The van der Waals surface area contributed by atoms with Crippen molar-refractivity contribution in [1.82, 2.24) is 5.32 Å². The first-order valence-corrected chi connectivity index (χ1v) is 12.9. The molecule has 3 fully saturated rings. The quantitative estimate of drug-likeness (QED) is 0.522. The van der Waals surface area contributed by atoms with Crippen LogP contribution in [0.1, 0.15) is 67.7 Å². The average molecular weight is 396 g/mol. The van der Waals surface area contributed by atoms with Crippen molar-refractivity contribution in [1.29, 1.82) is 0 Å². The van der Waals surface area contributed by atoms with Crippen molar-refractivity contribution in [3.8, 4) is 0 Å². The van der Waals surface area contributed by atoms with Crippen LogP contribution in [0.15, 0.2) is 0 Å². The minimum absolute atomic E-state index is 0.000536. The molecule has 0 aromatic carbocycles. The van der Waals surface area contributed by atoms with Gasteiger partial charge in [-0.05, 0) is 42.8 Å². The van der Waals surface area contributed by atoms with Gasteiger partial charge in [0.25, 0.3) is 0 Å². The summed E-state index contributed by atoms with van der Waals surface area (Å²) in [4.78, 5) is 25.7. The van der Waals surface area contributed by atoms with Gasteiger partial charge in [-0.3, -0.25) is 9.59 Å². The molecule has 0 aromatic heterocycles. The van der Waals surface area contributed by atoms with Gasteiger partial charge in [0.15, 0.2) is 0 Å². The number of carbonyl (C=O) groups is 2. The molecule has 5 nitrogen and oxygen atoms in total. The Morgan fingerprint density at radius 2 is 1.78 bits per heavy atom. The van der Waals surface area contributed by atoms with Crippen molar-refractivity contribution in [2.45, 2.75) is 96.0 Å². The summed E-state index contributed by atoms with van der Waals surface area (Å²) in [7, 11) is -2.16. The number of hydrogen-bond acceptors (Lipinski definition) is 4. The number of nitrogens with one attached hydrogen (secondary N) is 1. The standard InChI is InChI=1S/C21H37NO4Si/c1-8-25-20(24)16-17-15-10-9-11-21(17,18(16)19(23)22-15)26-27(12(2)3,13(4)5)14(6)7/h12-18H,8-11H2,1-7H3,(H,22,23)/t15-,16+,17+,18+,21-/m1/s1. The Morgan fingerprint density at radius 1 is 1.19 bits per heavy atom. The number of rotatable bonds is 7. The third-order valence-corrected chi connectivity index (χ3v) is 13.7. The van der Waals surface area contributed by atoms with Crippen LogP contribution in [-0.2, 0) is 18.8 Å². The van der Waals surface area contributed by atoms with E-state index in [1.165, 1.54) is 0 Å². The Balaban J connectivity index is 2.02. The van der Waals surface area contributed by atoms with Crippen LogP contribution < -0.4 is 5.32 Å². The van der Waals surface area contributed by atoms with Gasteiger partial charge < -0.3 is 14.5 Å². The molecule has 27 heavy (non-hydrogen) atoms. The van der Waals surface area contributed by atoms with Gasteiger partial charge in [0.1, 0.15) is 0 Å². The van der Waals surface area contributed by atoms with E-state index < -0.39 is 13.9 Å². The lowest BCUT2D eigenvalue weighted by Crippen LogP contribution is -2.82. The Morgan fingerprint density at radius 3 is 2.30 bits per heavy atom. The zero-order valence-electron chi connectivity index (χ0n) is 18.0. The number of hydrogen-bond donors (Lipinski definition) is 1. The molecule has 0 aromatic rings. The van der Waals surface area contributed by atoms with E-state index in [2.05, 4.69) is 46.9 Å². The van der Waals surface area contributed by atoms with Crippen LogP contribution in [0.2, 0.25) is 16.6 Å². The van der Waals surface area contributed by atoms with E-state index in [4.69, 9.17) is 9.16 Å². The van der Waals surface area contributed by atoms with Gasteiger partial charge in [0, 0.05) is 12.0 Å². The van der Waals surface area contributed by atoms with Crippen molar-refractivity contribution in [3.63, 3.8) is 0 Å². The van der Waals surface area contributed by atoms with E-state index >= 15 is 0 Å². The maximum absolute atomic E-state index is 13.0. The maximum Gasteiger partial charge on any atom is 0.310 e. The third-order valence-electron chi connectivity index (χ3n) is 7.60. The second-order valence-electron chi connectivity index (χ2n) is 9.66. The zero-order chi connectivity index (χ0) is 20.1. The van der Waals surface area contributed by atoms with Gasteiger partial charge in [0.2, 0.25) is 14.2 Å². The second kappa shape index (κ2) is 7.18. The van der Waals surface area contributed by atoms with Crippen LogP contribution in [0, 0.1) is 17.8 Å². The highest BCUT2D eigenvalue weighted by Crippen LogP contribution is 2.64. The first-order valence-electron chi connectivity index (χ1n) is 10.8. The molecule has 3 rings (SSSR count). The smallest absolute Gasteiger partial charge is 0.310 e. The van der Waals surface area contributed by atoms with Gasteiger partial charge in [-0.15, -0.1) is 0 Å². The summed E-state index contributed by atoms with van der Waals surface area (Å²) in [6.45, 7) is 15.9. The van der Waals surface area contributed by atoms with Gasteiger partial charge >= 0.3 is 5.97 Å². The number of amides is 1. The topological polar surface area (TPSA) is 64.6 Å². The lowest BCUT2D eigenvalue weighted by molar-refractivity contribution is -0.241. The molecule has 0 radical (unpaired) electrons. The lowest BCUT2D eigenvalue weighted by atomic mass is 9.44. The number of ether oxygens (including phenoxy) is 1. The van der Waals surface area contributed by atoms with Gasteiger partial charge in [0.05, 0.1) is 24.0 Å². The van der Waals surface area contributed by atoms with E-state index in [1.807, 2.05) is 6.92 Å². The fourth-order valence-electron chi connectivity index (χ4n) is 6.80. The molecule has 0 unspecified atom stereocenters. The SMILES string of the molecule is CCOC(=O)[C@H]1[C@@H]2[C@H]3CCC[C@]2(O[Si](C(C)C)(C(C)C)C(C)C)[C@@H]1C(=O)N3. The Bertz CT molecular complexity index is 583. The number of piperidine rings is 2. The minimum atomic E-state index is -2.16. The van der Waals surface area contributed by atoms with Crippen LogP contribution in [0.3, 0.4) is 0 Å². The summed E-state index contributed by atoms with van der Waals surface area (Å²) in [6.07, 6.45) is 2.87. The van der Waals surface area contributed by atoms with Crippen molar-refractivity contribution in [2.24, 2.45) is 17.8 Å². The normalized spacial score (nSPS) is 35.3. The van der Waals surface area contributed by atoms with Gasteiger partial charge in [-0.1, -0.05) is 41.5 Å². The van der Waals surface area contributed by atoms with E-state index in [-0.39, 0.29) is 35.7 Å². The van der Waals surface area contributed by atoms with Gasteiger partial charge in [-0.25, -0.2) is 0 Å². The summed E-state index contributed by atoms with van der Waals surface area (Å²) in [5, 5.41) is 3.16. The Labute approximate surface area is 165 Å². The molecule has 1 aliphatic heterocycles. The minimum Gasteiger partial charge on any atom is -0.466 e. The fourth-order valence-corrected chi connectivity index (χ4v) is 12.5. The molecular weight excluding hydrogens is 358 g/mol. The number of carbonyl (C=O) groups excluding carboxylic acids is 2. The highest BCUT2D eigenvalue weighted by molar-refractivity contribution is 6.77. The summed E-state index contributed by atoms with van der Waals surface area (Å²) in [5.74, 6) is -0.863. The molecule has 2 aliphatic carbocycles. The third kappa shape index (κ3) is 2.81. The summed E-state index contributed by atoms with van der Waals surface area (Å²) in [6, 6.07) is 0.0452. The molecule has 4 bridgehead atoms. The van der Waals surface area contributed by atoms with Crippen molar-refractivity contribution in [2.75, 3.05) is 6.61 Å². The van der Waals surface area contributed by atoms with Crippen molar-refractivity contribution < 1.29 is 18.8 Å². The van der Waals surface area contributed by atoms with Crippen LogP contribution in [0.25, 0.3) is 0 Å². The summed E-state index contributed by atoms with van der Waals surface area (Å²) >= 11 is 0. The molecular formula is C21H37NO4Si. The molecule has 5 atom stereocenters. The molecule has 0 spiro atoms. The second-order valence-corrected chi connectivity index (χ2v) is 15.0. The molecule has 1 amide bonds. The molecule has 6 heteroatoms. The average Bonchev–Trinajstić information content (AvgIpc) is 2.54. The van der Waals surface area contributed by atoms with Crippen molar-refractivity contribution in [3.05, 3.63) is 0 Å². The predicted octanol–water partition coefficient (Wildman–Crippen LogP) is 4.02. The molecule has 154 valence electrons. The molecule has 2 saturated carbocycles. The Kier molecular flexibility index (Phi) is 5.54. The molecule has 1 N–H and O–H groups in total. The fraction of sp³-hybridized carbons (Fsp3) is 0.905. The maximum atomic E-state index is 13.0. The lowest BCUT2D eigenvalue weighted by Gasteiger charge is -2.69. The first-order chi connectivity index (χ1) is 12.6. The Hall–Kier alpha value is -0.883. The monoisotopic (exact) mass is 395 g/mol. The molecule has 1 saturated heterocycles. The zero-order valence-corrected chi connectivity index (χ0v) is 19.0. The van der Waals surface area contributed by atoms with E-state index in [1.54, 1.807) is 0 Å². The first kappa shape index (κ1) is 20.8. The largest absolute Gasteiger partial charge is 0.466 e. The highest BCUT2D eigenvalue weighted by Gasteiger charge is 2.75. The van der Waals surface area contributed by atoms with E-state index in [9.17, 15) is 9.59 Å². The van der Waals surface area contributed by atoms with Crippen molar-refractivity contribution >= 4 is 20.2 Å². The summed E-state index contributed by atoms with van der Waals surface area (Å²) < 4.78 is 12.6. The molecule has 3 aliphatic rings. The predicted molar refractivity (Wildman–Crippen MR) is 108 cm³/mol. The molecule has 1 heterocycles. The van der Waals surface area contributed by atoms with Gasteiger partial charge in [-0.2, -0.15) is 0 Å². The van der Waals surface area contributed by atoms with E-state index in [0.717, 1.165) is 19.3 Å².